The lowest BCUT2D eigenvalue weighted by Gasteiger charge is -2.43. The topological polar surface area (TPSA) is 337 Å². The molecule has 10 atom stereocenters. The lowest BCUT2D eigenvalue weighted by Crippen LogP contribution is -2.59. The van der Waals surface area contributed by atoms with Gasteiger partial charge in [0.25, 0.3) is 0 Å². The molecule has 0 unspecified atom stereocenters. The number of β-amino-alcohol motifs (C(OH)–C–C–N with tert-alkyl or cyclic N) is 1. The van der Waals surface area contributed by atoms with E-state index in [0.717, 1.165) is 4.90 Å². The molecule has 3 aliphatic heterocycles. The van der Waals surface area contributed by atoms with Gasteiger partial charge in [-0.2, -0.15) is 0 Å². The monoisotopic (exact) mass is 1020 g/mol. The highest BCUT2D eigenvalue weighted by molar-refractivity contribution is 6.31. The molecular formula is C50H57N5O18. The smallest absolute Gasteiger partial charge is 0.410 e. The number of aromatic hydroxyl groups is 2. The molecule has 3 saturated heterocycles. The molecule has 3 heterocycles. The van der Waals surface area contributed by atoms with Crippen LogP contribution in [0.25, 0.3) is 0 Å². The summed E-state index contributed by atoms with van der Waals surface area (Å²) < 4.78 is 22.9. The van der Waals surface area contributed by atoms with Crippen molar-refractivity contribution < 1.29 is 87.9 Å². The summed E-state index contributed by atoms with van der Waals surface area (Å²) >= 11 is 0. The van der Waals surface area contributed by atoms with E-state index in [1.165, 1.54) is 44.1 Å². The maximum Gasteiger partial charge on any atom is 0.410 e. The Labute approximate surface area is 417 Å². The van der Waals surface area contributed by atoms with Crippen LogP contribution in [0.3, 0.4) is 0 Å². The van der Waals surface area contributed by atoms with E-state index in [9.17, 15) is 69.0 Å². The Hall–Kier alpha value is -7.02. The summed E-state index contributed by atoms with van der Waals surface area (Å²) in [5.74, 6) is -7.15. The zero-order chi connectivity index (χ0) is 52.6. The van der Waals surface area contributed by atoms with E-state index >= 15 is 0 Å². The van der Waals surface area contributed by atoms with Crippen molar-refractivity contribution in [1.82, 2.24) is 25.8 Å². The number of hydrogen-bond donors (Lipinski definition) is 9. The van der Waals surface area contributed by atoms with Gasteiger partial charge in [0.1, 0.15) is 60.3 Å². The van der Waals surface area contributed by atoms with Crippen molar-refractivity contribution in [2.75, 3.05) is 33.4 Å². The molecule has 8 rings (SSSR count). The molecule has 5 amide bonds. The van der Waals surface area contributed by atoms with E-state index in [0.29, 0.717) is 12.0 Å². The quantitative estimate of drug-likeness (QED) is 0.0722. The predicted octanol–water partition coefficient (Wildman–Crippen LogP) is -0.457. The van der Waals surface area contributed by atoms with Crippen LogP contribution in [0.5, 0.6) is 17.2 Å². The number of carbonyl (C=O) groups excluding carboxylic acids is 8. The van der Waals surface area contributed by atoms with E-state index in [1.807, 2.05) is 0 Å². The third-order valence-electron chi connectivity index (χ3n) is 14.2. The zero-order valence-electron chi connectivity index (χ0n) is 40.1. The lowest BCUT2D eigenvalue weighted by atomic mass is 9.72. The molecule has 9 N–H and O–H groups in total. The van der Waals surface area contributed by atoms with Crippen LogP contribution in [-0.4, -0.2) is 175 Å². The number of hydrogen-bond acceptors (Lipinski definition) is 18. The van der Waals surface area contributed by atoms with Gasteiger partial charge in [-0.3, -0.25) is 38.5 Å². The van der Waals surface area contributed by atoms with Gasteiger partial charge in [0.2, 0.25) is 29.4 Å². The molecule has 3 aromatic rings. The van der Waals surface area contributed by atoms with Crippen LogP contribution < -0.4 is 20.7 Å². The molecule has 23 heteroatoms. The van der Waals surface area contributed by atoms with Crippen molar-refractivity contribution in [2.45, 2.75) is 119 Å². The van der Waals surface area contributed by atoms with Crippen LogP contribution >= 0.6 is 0 Å². The Balaban J connectivity index is 0.911. The van der Waals surface area contributed by atoms with Gasteiger partial charge in [0.05, 0.1) is 61.2 Å². The zero-order valence-corrected chi connectivity index (χ0v) is 40.1. The number of ketones is 3. The second-order valence-corrected chi connectivity index (χ2v) is 18.9. The molecule has 0 spiro atoms. The minimum Gasteiger partial charge on any atom is -0.507 e. The second-order valence-electron chi connectivity index (χ2n) is 18.9. The first-order chi connectivity index (χ1) is 34.8. The minimum absolute atomic E-state index is 0.0204. The molecule has 390 valence electrons. The van der Waals surface area contributed by atoms with Gasteiger partial charge in [-0.25, -0.2) is 4.79 Å². The van der Waals surface area contributed by atoms with Crippen molar-refractivity contribution in [3.05, 3.63) is 87.5 Å². The number of nitrogens with zero attached hydrogens (tertiary/aromatic N) is 2. The first-order valence-electron chi connectivity index (χ1n) is 23.8. The fourth-order valence-electron chi connectivity index (χ4n) is 10.3. The number of rotatable bonds is 14. The highest BCUT2D eigenvalue weighted by Gasteiger charge is 2.51. The minimum atomic E-state index is -2.42. The maximum atomic E-state index is 14.1. The van der Waals surface area contributed by atoms with Gasteiger partial charge in [0, 0.05) is 48.9 Å². The van der Waals surface area contributed by atoms with E-state index < -0.39 is 156 Å². The molecular weight excluding hydrogens is 959 g/mol. The summed E-state index contributed by atoms with van der Waals surface area (Å²) in [4.78, 5) is 110. The van der Waals surface area contributed by atoms with Crippen LogP contribution in [0.1, 0.15) is 101 Å². The largest absolute Gasteiger partial charge is 0.507 e. The number of nitrogens with one attached hydrogen (secondary N) is 3. The van der Waals surface area contributed by atoms with Crippen molar-refractivity contribution in [1.29, 1.82) is 0 Å². The fraction of sp³-hybridized carbons (Fsp3) is 0.480. The van der Waals surface area contributed by atoms with Crippen LogP contribution in [0.15, 0.2) is 48.5 Å². The van der Waals surface area contributed by atoms with Gasteiger partial charge >= 0.3 is 6.09 Å². The highest BCUT2D eigenvalue weighted by Crippen LogP contribution is 2.52. The SMILES string of the molecule is COc1cccc2c1C(=O)c1c(O)c3c(c(O)c1C2=O)C[C@@](O)(C(=O)CO)C[C@@H]3O[C@@H]1C[C@H](NC(=O)[C@@H]2CCCN2C(=O)CNC(=O)[C@H](C)NC(=O)[C@@H]2C[C@@H](O)CN2C(=O)OCc2ccccc2)[C@H](O)[C@H](C)O1. The number of phenolic OH excluding ortho intramolecular Hbond substituents is 2. The molecule has 2 aliphatic carbocycles. The first-order valence-corrected chi connectivity index (χ1v) is 23.8. The number of phenols is 2. The fourth-order valence-corrected chi connectivity index (χ4v) is 10.3. The average molecular weight is 1020 g/mol. The van der Waals surface area contributed by atoms with E-state index in [4.69, 9.17) is 18.9 Å². The normalized spacial score (nSPS) is 26.7. The van der Waals surface area contributed by atoms with Crippen LogP contribution in [0.4, 0.5) is 4.79 Å². The number of likely N-dealkylation sites (tertiary alicyclic amines) is 2. The second kappa shape index (κ2) is 21.2. The number of amides is 5. The molecule has 5 aliphatic rings. The summed E-state index contributed by atoms with van der Waals surface area (Å²) in [5, 5.41) is 74.4. The number of aliphatic hydroxyl groups is 4. The standard InChI is InChI=1S/C50H57N5O18/c1-23(52-48(67)31-15-26(57)20-55(31)49(68)71-22-25-9-5-4-6-10-25)46(65)51-19-35(59)54-14-8-12-30(54)47(66)53-29-16-36(72-24(2)41(29)60)73-33-18-50(69,34(58)21-56)17-28-38(33)45(64)40-39(43(28)62)42(61)27-11-7-13-32(70-3)37(27)44(40)63/h4-7,9-11,13,23-24,26,29-31,33,36,41,56-57,60,62,64,69H,8,12,14-22H2,1-3H3,(H,51,65)(H,52,67)(H,53,66)/t23-,24-,26+,29-,30-,31-,33-,36+,41+,50-/m0/s1. The van der Waals surface area contributed by atoms with E-state index in [1.54, 1.807) is 30.3 Å². The molecule has 0 aromatic heterocycles. The van der Waals surface area contributed by atoms with Crippen LogP contribution in [-0.2, 0) is 51.2 Å². The Morgan fingerprint density at radius 2 is 1.63 bits per heavy atom. The van der Waals surface area contributed by atoms with E-state index in [-0.39, 0.29) is 67.0 Å². The van der Waals surface area contributed by atoms with Crippen molar-refractivity contribution >= 4 is 47.1 Å². The van der Waals surface area contributed by atoms with Gasteiger partial charge in [-0.15, -0.1) is 0 Å². The van der Waals surface area contributed by atoms with Crippen molar-refractivity contribution in [3.63, 3.8) is 0 Å². The third-order valence-corrected chi connectivity index (χ3v) is 14.2. The summed E-state index contributed by atoms with van der Waals surface area (Å²) in [6.45, 7) is 1.06. The van der Waals surface area contributed by atoms with Crippen LogP contribution in [0.2, 0.25) is 0 Å². The highest BCUT2D eigenvalue weighted by atomic mass is 16.7. The number of fused-ring (bicyclic) bond motifs is 3. The molecule has 23 nitrogen and oxygen atoms in total. The van der Waals surface area contributed by atoms with Gasteiger partial charge in [0.15, 0.2) is 17.9 Å². The maximum absolute atomic E-state index is 14.1. The number of Topliss-reactive ketones (excluding diaryl/α,β-unsaturated/α-hetero) is 1. The first kappa shape index (κ1) is 52.3. The Kier molecular flexibility index (Phi) is 15.2. The van der Waals surface area contributed by atoms with Crippen molar-refractivity contribution in [2.24, 2.45) is 0 Å². The summed E-state index contributed by atoms with van der Waals surface area (Å²) in [6.07, 6.45) is -8.29. The van der Waals surface area contributed by atoms with Gasteiger partial charge in [-0.05, 0) is 38.3 Å². The summed E-state index contributed by atoms with van der Waals surface area (Å²) in [6, 6.07) is 8.60. The molecule has 0 radical (unpaired) electrons. The Morgan fingerprint density at radius 1 is 0.904 bits per heavy atom. The number of methoxy groups -OCH3 is 1. The molecule has 0 bridgehead atoms. The average Bonchev–Trinajstić information content (AvgIpc) is 4.04. The predicted molar refractivity (Wildman–Crippen MR) is 249 cm³/mol. The third kappa shape index (κ3) is 10.2. The van der Waals surface area contributed by atoms with Gasteiger partial charge < -0.3 is 70.4 Å². The van der Waals surface area contributed by atoms with Crippen LogP contribution in [0, 0.1) is 0 Å². The molecule has 3 fully saturated rings. The molecule has 0 saturated carbocycles. The van der Waals surface area contributed by atoms with Gasteiger partial charge in [-0.1, -0.05) is 42.5 Å². The number of benzene rings is 3. The Bertz CT molecular complexity index is 2720. The Morgan fingerprint density at radius 3 is 2.34 bits per heavy atom. The number of ether oxygens (including phenoxy) is 4. The lowest BCUT2D eigenvalue weighted by molar-refractivity contribution is -0.249. The molecule has 3 aromatic carbocycles. The van der Waals surface area contributed by atoms with Crippen molar-refractivity contribution in [3.8, 4) is 17.2 Å². The summed E-state index contributed by atoms with van der Waals surface area (Å²) in [7, 11) is 1.28. The number of aliphatic hydroxyl groups excluding tert-OH is 3. The molecule has 73 heavy (non-hydrogen) atoms. The number of carbonyl (C=O) groups is 8. The summed E-state index contributed by atoms with van der Waals surface area (Å²) in [5.41, 5.74) is -3.73. The van der Waals surface area contributed by atoms with E-state index in [2.05, 4.69) is 16.0 Å².